The number of aldehydes is 1. The van der Waals surface area contributed by atoms with E-state index in [0.29, 0.717) is 0 Å². The first-order valence-electron chi connectivity index (χ1n) is 8.16. The van der Waals surface area contributed by atoms with Gasteiger partial charge in [-0.1, -0.05) is 20.3 Å². The summed E-state index contributed by atoms with van der Waals surface area (Å²) in [5.74, 6) is 0. The number of nitrogens with zero attached hydrogens (tertiary/aromatic N) is 2. The Morgan fingerprint density at radius 1 is 1.11 bits per heavy atom. The van der Waals surface area contributed by atoms with Gasteiger partial charge in [0.05, 0.1) is 0 Å². The molecule has 0 amide bonds. The highest BCUT2D eigenvalue weighted by Crippen LogP contribution is 2.28. The van der Waals surface area contributed by atoms with E-state index in [-0.39, 0.29) is 5.41 Å². The second-order valence-electron chi connectivity index (χ2n) is 6.46. The normalized spacial score (nSPS) is 26.7. The summed E-state index contributed by atoms with van der Waals surface area (Å²) >= 11 is 0. The van der Waals surface area contributed by atoms with E-state index >= 15 is 0 Å². The number of hydrogen-bond acceptors (Lipinski definition) is 3. The zero-order valence-electron chi connectivity index (χ0n) is 12.7. The highest BCUT2D eigenvalue weighted by atomic mass is 16.1. The van der Waals surface area contributed by atoms with Crippen molar-refractivity contribution in [2.45, 2.75) is 58.4 Å². The lowest BCUT2D eigenvalue weighted by Crippen LogP contribution is -2.42. The van der Waals surface area contributed by atoms with Crippen LogP contribution in [0.1, 0.15) is 52.4 Å². The minimum Gasteiger partial charge on any atom is -0.303 e. The van der Waals surface area contributed by atoms with Crippen molar-refractivity contribution in [3.8, 4) is 0 Å². The predicted molar refractivity (Wildman–Crippen MR) is 79.3 cm³/mol. The number of rotatable bonds is 6. The van der Waals surface area contributed by atoms with Crippen molar-refractivity contribution in [1.82, 2.24) is 9.80 Å². The van der Waals surface area contributed by atoms with E-state index in [4.69, 9.17) is 0 Å². The molecule has 0 aromatic rings. The fourth-order valence-corrected chi connectivity index (χ4v) is 3.66. The summed E-state index contributed by atoms with van der Waals surface area (Å²) in [6.07, 6.45) is 8.60. The van der Waals surface area contributed by atoms with E-state index in [1.54, 1.807) is 0 Å². The molecule has 0 N–H and O–H groups in total. The first kappa shape index (κ1) is 15.0. The summed E-state index contributed by atoms with van der Waals surface area (Å²) in [6.45, 7) is 10.2. The van der Waals surface area contributed by atoms with Crippen LogP contribution in [0.4, 0.5) is 0 Å². The average Bonchev–Trinajstić information content (AvgIpc) is 2.94. The van der Waals surface area contributed by atoms with Crippen LogP contribution in [0.15, 0.2) is 0 Å². The molecule has 110 valence electrons. The minimum atomic E-state index is -0.100. The van der Waals surface area contributed by atoms with Crippen LogP contribution in [-0.2, 0) is 4.79 Å². The molecule has 0 aromatic heterocycles. The average molecular weight is 266 g/mol. The van der Waals surface area contributed by atoms with Crippen LogP contribution in [0.2, 0.25) is 0 Å². The first-order chi connectivity index (χ1) is 9.23. The molecule has 19 heavy (non-hydrogen) atoms. The third kappa shape index (κ3) is 3.57. The van der Waals surface area contributed by atoms with E-state index in [1.165, 1.54) is 58.1 Å². The Morgan fingerprint density at radius 3 is 2.37 bits per heavy atom. The van der Waals surface area contributed by atoms with Gasteiger partial charge in [0.2, 0.25) is 0 Å². The van der Waals surface area contributed by atoms with Crippen LogP contribution in [0.5, 0.6) is 0 Å². The van der Waals surface area contributed by atoms with E-state index < -0.39 is 0 Å². The Labute approximate surface area is 118 Å². The quantitative estimate of drug-likeness (QED) is 0.690. The standard InChI is InChI=1S/C16H30N2O/c1-3-16(4-2,14-19)13-17-11-8-15(12-17)18-9-6-5-7-10-18/h14-15H,3-13H2,1-2H3. The van der Waals surface area contributed by atoms with Crippen molar-refractivity contribution in [2.75, 3.05) is 32.7 Å². The molecule has 1 unspecified atom stereocenters. The van der Waals surface area contributed by atoms with Crippen molar-refractivity contribution in [1.29, 1.82) is 0 Å². The van der Waals surface area contributed by atoms with Crippen molar-refractivity contribution in [3.05, 3.63) is 0 Å². The lowest BCUT2D eigenvalue weighted by molar-refractivity contribution is -0.117. The molecule has 2 saturated heterocycles. The molecule has 0 aliphatic carbocycles. The molecule has 2 aliphatic rings. The highest BCUT2D eigenvalue weighted by Gasteiger charge is 2.34. The zero-order chi connectivity index (χ0) is 13.7. The van der Waals surface area contributed by atoms with Gasteiger partial charge in [-0.3, -0.25) is 4.90 Å². The van der Waals surface area contributed by atoms with Crippen molar-refractivity contribution >= 4 is 6.29 Å². The molecular weight excluding hydrogens is 236 g/mol. The monoisotopic (exact) mass is 266 g/mol. The molecule has 3 nitrogen and oxygen atoms in total. The molecule has 1 atom stereocenters. The van der Waals surface area contributed by atoms with Gasteiger partial charge in [-0.05, 0) is 51.7 Å². The Morgan fingerprint density at radius 2 is 1.79 bits per heavy atom. The lowest BCUT2D eigenvalue weighted by atomic mass is 9.83. The van der Waals surface area contributed by atoms with Gasteiger partial charge in [0.1, 0.15) is 6.29 Å². The van der Waals surface area contributed by atoms with Crippen LogP contribution in [0.3, 0.4) is 0 Å². The largest absolute Gasteiger partial charge is 0.303 e. The Hall–Kier alpha value is -0.410. The van der Waals surface area contributed by atoms with Gasteiger partial charge in [0.25, 0.3) is 0 Å². The Bertz CT molecular complexity index is 282. The van der Waals surface area contributed by atoms with E-state index in [0.717, 1.165) is 25.4 Å². The first-order valence-corrected chi connectivity index (χ1v) is 8.16. The van der Waals surface area contributed by atoms with Gasteiger partial charge in [-0.2, -0.15) is 0 Å². The van der Waals surface area contributed by atoms with E-state index in [1.807, 2.05) is 0 Å². The second kappa shape index (κ2) is 6.85. The number of piperidine rings is 1. The second-order valence-corrected chi connectivity index (χ2v) is 6.46. The van der Waals surface area contributed by atoms with Gasteiger partial charge < -0.3 is 9.69 Å². The fraction of sp³-hybridized carbons (Fsp3) is 0.938. The summed E-state index contributed by atoms with van der Waals surface area (Å²) in [5.41, 5.74) is -0.100. The van der Waals surface area contributed by atoms with Gasteiger partial charge in [0.15, 0.2) is 0 Å². The van der Waals surface area contributed by atoms with Crippen LogP contribution >= 0.6 is 0 Å². The van der Waals surface area contributed by atoms with E-state index in [9.17, 15) is 4.79 Å². The maximum Gasteiger partial charge on any atom is 0.127 e. The molecule has 3 heteroatoms. The predicted octanol–water partition coefficient (Wildman–Crippen LogP) is 2.55. The van der Waals surface area contributed by atoms with E-state index in [2.05, 4.69) is 23.6 Å². The van der Waals surface area contributed by atoms with Gasteiger partial charge in [-0.15, -0.1) is 0 Å². The molecule has 0 radical (unpaired) electrons. The molecule has 2 rings (SSSR count). The highest BCUT2D eigenvalue weighted by molar-refractivity contribution is 5.59. The molecule has 2 fully saturated rings. The summed E-state index contributed by atoms with van der Waals surface area (Å²) in [5, 5.41) is 0. The maximum atomic E-state index is 11.4. The number of carbonyl (C=O) groups is 1. The molecule has 0 aromatic carbocycles. The summed E-state index contributed by atoms with van der Waals surface area (Å²) < 4.78 is 0. The summed E-state index contributed by atoms with van der Waals surface area (Å²) in [4.78, 5) is 16.6. The molecular formula is C16H30N2O. The van der Waals surface area contributed by atoms with Crippen LogP contribution in [-0.4, -0.2) is 54.9 Å². The van der Waals surface area contributed by atoms with Gasteiger partial charge in [-0.25, -0.2) is 0 Å². The molecule has 0 bridgehead atoms. The van der Waals surface area contributed by atoms with Crippen molar-refractivity contribution < 1.29 is 4.79 Å². The fourth-order valence-electron chi connectivity index (χ4n) is 3.66. The third-order valence-corrected chi connectivity index (χ3v) is 5.35. The lowest BCUT2D eigenvalue weighted by Gasteiger charge is -2.34. The van der Waals surface area contributed by atoms with Gasteiger partial charge in [0, 0.05) is 24.5 Å². The maximum absolute atomic E-state index is 11.4. The van der Waals surface area contributed by atoms with Crippen molar-refractivity contribution in [2.24, 2.45) is 5.41 Å². The topological polar surface area (TPSA) is 23.6 Å². The number of likely N-dealkylation sites (tertiary alicyclic amines) is 2. The summed E-state index contributed by atoms with van der Waals surface area (Å²) in [7, 11) is 0. The number of carbonyl (C=O) groups excluding carboxylic acids is 1. The van der Waals surface area contributed by atoms with Crippen LogP contribution in [0.25, 0.3) is 0 Å². The van der Waals surface area contributed by atoms with Crippen LogP contribution in [0, 0.1) is 5.41 Å². The Kier molecular flexibility index (Phi) is 5.40. The smallest absolute Gasteiger partial charge is 0.127 e. The summed E-state index contributed by atoms with van der Waals surface area (Å²) in [6, 6.07) is 0.748. The zero-order valence-corrected chi connectivity index (χ0v) is 12.7. The minimum absolute atomic E-state index is 0.100. The third-order valence-electron chi connectivity index (χ3n) is 5.35. The number of hydrogen-bond donors (Lipinski definition) is 0. The molecule has 0 saturated carbocycles. The SMILES string of the molecule is CCC(C=O)(CC)CN1CCC(N2CCCCC2)C1. The Balaban J connectivity index is 1.85. The molecule has 2 aliphatic heterocycles. The van der Waals surface area contributed by atoms with Crippen LogP contribution < -0.4 is 0 Å². The van der Waals surface area contributed by atoms with Crippen molar-refractivity contribution in [3.63, 3.8) is 0 Å². The van der Waals surface area contributed by atoms with Gasteiger partial charge >= 0.3 is 0 Å². The molecule has 2 heterocycles. The molecule has 0 spiro atoms.